The summed E-state index contributed by atoms with van der Waals surface area (Å²) in [5.74, 6) is -12.3. The lowest BCUT2D eigenvalue weighted by Crippen LogP contribution is -2.55. The number of anilines is 1. The molecule has 0 spiro atoms. The van der Waals surface area contributed by atoms with Crippen molar-refractivity contribution in [1.82, 2.24) is 14.9 Å². The van der Waals surface area contributed by atoms with E-state index in [9.17, 15) is 54.6 Å². The lowest BCUT2D eigenvalue weighted by atomic mass is 10.1. The van der Waals surface area contributed by atoms with Gasteiger partial charge in [0.2, 0.25) is 11.3 Å². The largest absolute Gasteiger partial charge is 0.455 e. The molecular formula is C24H18F8N4O4. The number of pyridine rings is 2. The number of alkyl halides is 5. The van der Waals surface area contributed by atoms with Crippen LogP contribution in [0.25, 0.3) is 16.7 Å². The maximum atomic E-state index is 14.8. The van der Waals surface area contributed by atoms with Gasteiger partial charge in [-0.3, -0.25) is 23.9 Å². The number of halogens is 8. The molecule has 1 aliphatic rings. The number of aliphatic hydroxyl groups excluding tert-OH is 1. The van der Waals surface area contributed by atoms with Crippen LogP contribution in [-0.4, -0.2) is 57.3 Å². The molecule has 4 rings (SSSR count). The van der Waals surface area contributed by atoms with Crippen LogP contribution in [0.3, 0.4) is 0 Å². The second-order valence-corrected chi connectivity index (χ2v) is 8.92. The van der Waals surface area contributed by atoms with Crippen molar-refractivity contribution in [3.05, 3.63) is 63.7 Å². The summed E-state index contributed by atoms with van der Waals surface area (Å²) in [6, 6.07) is -0.231. The van der Waals surface area contributed by atoms with Crippen LogP contribution in [0, 0.1) is 17.5 Å². The van der Waals surface area contributed by atoms with E-state index in [2.05, 4.69) is 4.98 Å². The van der Waals surface area contributed by atoms with Gasteiger partial charge in [-0.05, 0) is 18.6 Å². The molecule has 1 saturated heterocycles. The number of fused-ring (bicyclic) bond motifs is 1. The Morgan fingerprint density at radius 2 is 1.75 bits per heavy atom. The number of aromatic nitrogens is 2. The molecule has 3 heterocycles. The van der Waals surface area contributed by atoms with Gasteiger partial charge >= 0.3 is 12.1 Å². The zero-order valence-corrected chi connectivity index (χ0v) is 20.2. The fourth-order valence-corrected chi connectivity index (χ4v) is 4.23. The summed E-state index contributed by atoms with van der Waals surface area (Å²) < 4.78 is 110. The molecule has 40 heavy (non-hydrogen) atoms. The van der Waals surface area contributed by atoms with Crippen molar-refractivity contribution < 1.29 is 49.8 Å². The molecule has 214 valence electrons. The predicted octanol–water partition coefficient (Wildman–Crippen LogP) is 3.61. The molecule has 16 heteroatoms. The quantitative estimate of drug-likeness (QED) is 0.435. The molecule has 1 aliphatic heterocycles. The van der Waals surface area contributed by atoms with Crippen LogP contribution >= 0.6 is 0 Å². The molecule has 3 aromatic rings. The van der Waals surface area contributed by atoms with Crippen molar-refractivity contribution in [2.75, 3.05) is 11.4 Å². The maximum Gasteiger partial charge on any atom is 0.455 e. The minimum Gasteiger partial charge on any atom is -0.391 e. The molecule has 0 bridgehead atoms. The molecule has 2 amide bonds. The first kappa shape index (κ1) is 28.9. The van der Waals surface area contributed by atoms with Gasteiger partial charge < -0.3 is 10.4 Å². The first-order valence-electron chi connectivity index (χ1n) is 11.5. The number of carbonyl (C=O) groups is 2. The minimum absolute atomic E-state index is 0.182. The van der Waals surface area contributed by atoms with Gasteiger partial charge in [-0.1, -0.05) is 6.92 Å². The molecule has 2 N–H and O–H groups in total. The summed E-state index contributed by atoms with van der Waals surface area (Å²) in [5, 5.41) is 10.7. The predicted molar refractivity (Wildman–Crippen MR) is 123 cm³/mol. The molecule has 0 aliphatic carbocycles. The number of carbonyl (C=O) groups excluding carboxylic acids is 2. The number of nitrogens with one attached hydrogen (secondary N) is 1. The number of hydrogen-bond donors (Lipinski definition) is 2. The molecule has 0 radical (unpaired) electrons. The molecule has 2 aromatic heterocycles. The van der Waals surface area contributed by atoms with Gasteiger partial charge in [0, 0.05) is 18.3 Å². The standard InChI is InChI=1S/C24H18F8N4O4/c1-2-16(23(28,29)24(30,31)32)33-22(40)13-9-36(19-14(26)5-10(25)6-15(19)27)21-12(20(13)39)3-4-17(34-21)35-8-11(37)7-18(35)38/h3-6,9,11,16,37H,2,7-8H2,1H3,(H,33,40)/t11-,16?/m0/s1. The van der Waals surface area contributed by atoms with Gasteiger partial charge in [0.15, 0.2) is 17.3 Å². The fourth-order valence-electron chi connectivity index (χ4n) is 4.23. The van der Waals surface area contributed by atoms with Crippen molar-refractivity contribution >= 4 is 28.7 Å². The molecular weight excluding hydrogens is 560 g/mol. The second kappa shape index (κ2) is 10.1. The van der Waals surface area contributed by atoms with Crippen LogP contribution in [0.2, 0.25) is 0 Å². The Kier molecular flexibility index (Phi) is 7.34. The highest BCUT2D eigenvalue weighted by atomic mass is 19.4. The number of nitrogens with zero attached hydrogens (tertiary/aromatic N) is 3. The van der Waals surface area contributed by atoms with E-state index in [0.29, 0.717) is 10.8 Å². The zero-order valence-electron chi connectivity index (χ0n) is 20.2. The Balaban J connectivity index is 1.93. The summed E-state index contributed by atoms with van der Waals surface area (Å²) in [6.45, 7) is 0.710. The highest BCUT2D eigenvalue weighted by Gasteiger charge is 2.62. The summed E-state index contributed by atoms with van der Waals surface area (Å²) >= 11 is 0. The van der Waals surface area contributed by atoms with Gasteiger partial charge in [0.25, 0.3) is 5.91 Å². The summed E-state index contributed by atoms with van der Waals surface area (Å²) in [5.41, 5.74) is -4.01. The number of benzene rings is 1. The van der Waals surface area contributed by atoms with Crippen LogP contribution in [0.15, 0.2) is 35.3 Å². The Hall–Kier alpha value is -4.08. The van der Waals surface area contributed by atoms with Crippen LogP contribution in [0.1, 0.15) is 30.1 Å². The number of rotatable bonds is 6. The Labute approximate surface area is 218 Å². The van der Waals surface area contributed by atoms with Crippen molar-refractivity contribution in [1.29, 1.82) is 0 Å². The van der Waals surface area contributed by atoms with E-state index >= 15 is 0 Å². The Morgan fingerprint density at radius 3 is 2.27 bits per heavy atom. The van der Waals surface area contributed by atoms with E-state index in [-0.39, 0.29) is 30.9 Å². The third-order valence-electron chi connectivity index (χ3n) is 6.21. The van der Waals surface area contributed by atoms with Gasteiger partial charge in [-0.2, -0.15) is 22.0 Å². The number of amides is 2. The zero-order chi connectivity index (χ0) is 29.7. The maximum absolute atomic E-state index is 14.8. The third kappa shape index (κ3) is 4.98. The first-order valence-corrected chi connectivity index (χ1v) is 11.5. The van der Waals surface area contributed by atoms with Gasteiger partial charge in [0.1, 0.15) is 28.9 Å². The van der Waals surface area contributed by atoms with Crippen LogP contribution in [0.5, 0.6) is 0 Å². The van der Waals surface area contributed by atoms with E-state index in [1.54, 1.807) is 0 Å². The van der Waals surface area contributed by atoms with Gasteiger partial charge in [-0.25, -0.2) is 18.2 Å². The molecule has 1 aromatic carbocycles. The third-order valence-corrected chi connectivity index (χ3v) is 6.21. The highest BCUT2D eigenvalue weighted by Crippen LogP contribution is 2.39. The average molecular weight is 578 g/mol. The van der Waals surface area contributed by atoms with E-state index in [1.165, 1.54) is 5.32 Å². The second-order valence-electron chi connectivity index (χ2n) is 8.92. The summed E-state index contributed by atoms with van der Waals surface area (Å²) in [4.78, 5) is 43.3. The first-order chi connectivity index (χ1) is 18.6. The smallest absolute Gasteiger partial charge is 0.391 e. The van der Waals surface area contributed by atoms with Gasteiger partial charge in [-0.15, -0.1) is 0 Å². The van der Waals surface area contributed by atoms with Crippen LogP contribution in [0.4, 0.5) is 40.9 Å². The average Bonchev–Trinajstić information content (AvgIpc) is 3.19. The van der Waals surface area contributed by atoms with E-state index < -0.39 is 87.6 Å². The van der Waals surface area contributed by atoms with Crippen LogP contribution < -0.4 is 15.6 Å². The minimum atomic E-state index is -6.05. The number of β-amino-alcohol motifs (C(OH)–C–C–N with tert-alkyl or cyclic N) is 1. The molecule has 0 saturated carbocycles. The van der Waals surface area contributed by atoms with Gasteiger partial charge in [0.05, 0.1) is 24.5 Å². The Bertz CT molecular complexity index is 1550. The topological polar surface area (TPSA) is 105 Å². The van der Waals surface area contributed by atoms with Crippen molar-refractivity contribution in [3.63, 3.8) is 0 Å². The monoisotopic (exact) mass is 578 g/mol. The van der Waals surface area contributed by atoms with E-state index in [1.807, 2.05) is 0 Å². The van der Waals surface area contributed by atoms with Crippen molar-refractivity contribution in [2.24, 2.45) is 0 Å². The molecule has 1 unspecified atom stereocenters. The molecule has 8 nitrogen and oxygen atoms in total. The molecule has 1 fully saturated rings. The number of hydrogen-bond acceptors (Lipinski definition) is 5. The van der Waals surface area contributed by atoms with Crippen molar-refractivity contribution in [2.45, 2.75) is 44.0 Å². The highest BCUT2D eigenvalue weighted by molar-refractivity contribution is 5.99. The van der Waals surface area contributed by atoms with E-state index in [0.717, 1.165) is 24.0 Å². The normalized spacial score (nSPS) is 17.0. The Morgan fingerprint density at radius 1 is 1.12 bits per heavy atom. The summed E-state index contributed by atoms with van der Waals surface area (Å²) in [7, 11) is 0. The number of aliphatic hydroxyl groups is 1. The molecule has 2 atom stereocenters. The van der Waals surface area contributed by atoms with Crippen molar-refractivity contribution in [3.8, 4) is 5.69 Å². The fraction of sp³-hybridized carbons (Fsp3) is 0.333. The van der Waals surface area contributed by atoms with E-state index in [4.69, 9.17) is 0 Å². The lowest BCUT2D eigenvalue weighted by Gasteiger charge is -2.28. The lowest BCUT2D eigenvalue weighted by molar-refractivity contribution is -0.292. The summed E-state index contributed by atoms with van der Waals surface area (Å²) in [6.07, 6.45) is -7.84. The van der Waals surface area contributed by atoms with Crippen LogP contribution in [-0.2, 0) is 4.79 Å². The SMILES string of the molecule is CCC(NC(=O)c1cn(-c2c(F)cc(F)cc2F)c2nc(N3C[C@@H](O)CC3=O)ccc2c1=O)C(F)(F)C(F)(F)F.